The highest BCUT2D eigenvalue weighted by molar-refractivity contribution is 6.31. The molecule has 3 nitrogen and oxygen atoms in total. The summed E-state index contributed by atoms with van der Waals surface area (Å²) in [6, 6.07) is 10.1. The lowest BCUT2D eigenvalue weighted by Crippen LogP contribution is -2.17. The molecule has 0 unspecified atom stereocenters. The van der Waals surface area contributed by atoms with Gasteiger partial charge in [0.05, 0.1) is 6.54 Å². The molecule has 0 aliphatic carbocycles. The van der Waals surface area contributed by atoms with E-state index in [2.05, 4.69) is 29.4 Å². The second-order valence-electron chi connectivity index (χ2n) is 5.09. The van der Waals surface area contributed by atoms with E-state index in [1.54, 1.807) is 0 Å². The summed E-state index contributed by atoms with van der Waals surface area (Å²) in [5.74, 6) is 1.97. The number of nitrogens with one attached hydrogen (secondary N) is 1. The Morgan fingerprint density at radius 3 is 2.60 bits per heavy atom. The minimum Gasteiger partial charge on any atom is -0.465 e. The standard InChI is InChI=1S/C16H21ClN2O/c1-12-14(8-15(20-12)9-18-2)11-19(3)10-13-6-4-5-7-16(13)17/h4-8,18H,9-11H2,1-3H3. The summed E-state index contributed by atoms with van der Waals surface area (Å²) in [7, 11) is 4.01. The highest BCUT2D eigenvalue weighted by atomic mass is 35.5. The van der Waals surface area contributed by atoms with Crippen molar-refractivity contribution < 1.29 is 4.42 Å². The van der Waals surface area contributed by atoms with Crippen molar-refractivity contribution in [3.63, 3.8) is 0 Å². The van der Waals surface area contributed by atoms with Crippen molar-refractivity contribution in [1.82, 2.24) is 10.2 Å². The molecule has 0 fully saturated rings. The zero-order valence-electron chi connectivity index (χ0n) is 12.2. The molecule has 1 aromatic carbocycles. The van der Waals surface area contributed by atoms with Gasteiger partial charge in [-0.3, -0.25) is 4.90 Å². The molecule has 20 heavy (non-hydrogen) atoms. The molecule has 0 radical (unpaired) electrons. The normalized spacial score (nSPS) is 11.2. The van der Waals surface area contributed by atoms with Crippen LogP contribution in [-0.2, 0) is 19.6 Å². The average molecular weight is 293 g/mol. The highest BCUT2D eigenvalue weighted by Gasteiger charge is 2.10. The number of halogens is 1. The maximum atomic E-state index is 6.19. The van der Waals surface area contributed by atoms with E-state index in [0.29, 0.717) is 0 Å². The molecular weight excluding hydrogens is 272 g/mol. The molecule has 1 N–H and O–H groups in total. The molecule has 0 aliphatic heterocycles. The van der Waals surface area contributed by atoms with E-state index in [0.717, 1.165) is 41.7 Å². The van der Waals surface area contributed by atoms with Crippen molar-refractivity contribution in [3.05, 3.63) is 58.0 Å². The van der Waals surface area contributed by atoms with Gasteiger partial charge in [0.25, 0.3) is 0 Å². The van der Waals surface area contributed by atoms with E-state index >= 15 is 0 Å². The Morgan fingerprint density at radius 1 is 1.20 bits per heavy atom. The quantitative estimate of drug-likeness (QED) is 0.882. The summed E-state index contributed by atoms with van der Waals surface area (Å²) < 4.78 is 5.71. The van der Waals surface area contributed by atoms with Gasteiger partial charge in [-0.2, -0.15) is 0 Å². The van der Waals surface area contributed by atoms with Crippen LogP contribution in [0, 0.1) is 6.92 Å². The molecule has 0 spiro atoms. The topological polar surface area (TPSA) is 28.4 Å². The molecule has 0 saturated carbocycles. The van der Waals surface area contributed by atoms with Gasteiger partial charge < -0.3 is 9.73 Å². The minimum absolute atomic E-state index is 0.759. The first-order chi connectivity index (χ1) is 9.60. The molecule has 0 bridgehead atoms. The molecule has 2 rings (SSSR count). The Bertz CT molecular complexity index is 565. The number of aryl methyl sites for hydroxylation is 1. The zero-order valence-corrected chi connectivity index (χ0v) is 13.0. The smallest absolute Gasteiger partial charge is 0.118 e. The van der Waals surface area contributed by atoms with Gasteiger partial charge in [-0.15, -0.1) is 0 Å². The van der Waals surface area contributed by atoms with E-state index < -0.39 is 0 Å². The third-order valence-corrected chi connectivity index (χ3v) is 3.63. The first-order valence-electron chi connectivity index (χ1n) is 6.75. The fourth-order valence-electron chi connectivity index (χ4n) is 2.27. The lowest BCUT2D eigenvalue weighted by atomic mass is 10.2. The van der Waals surface area contributed by atoms with Gasteiger partial charge in [0.15, 0.2) is 0 Å². The van der Waals surface area contributed by atoms with Gasteiger partial charge in [-0.05, 0) is 38.7 Å². The Morgan fingerprint density at radius 2 is 1.90 bits per heavy atom. The van der Waals surface area contributed by atoms with E-state index in [1.165, 1.54) is 5.56 Å². The van der Waals surface area contributed by atoms with Crippen LogP contribution in [0.2, 0.25) is 5.02 Å². The lowest BCUT2D eigenvalue weighted by Gasteiger charge is -2.17. The molecule has 0 amide bonds. The molecule has 4 heteroatoms. The van der Waals surface area contributed by atoms with Crippen LogP contribution in [0.1, 0.15) is 22.6 Å². The van der Waals surface area contributed by atoms with Crippen LogP contribution in [0.15, 0.2) is 34.7 Å². The Kier molecular flexibility index (Phi) is 5.24. The first kappa shape index (κ1) is 15.1. The van der Waals surface area contributed by atoms with Crippen LogP contribution in [0.4, 0.5) is 0 Å². The third-order valence-electron chi connectivity index (χ3n) is 3.26. The summed E-state index contributed by atoms with van der Waals surface area (Å²) in [4.78, 5) is 2.24. The largest absolute Gasteiger partial charge is 0.465 e. The first-order valence-corrected chi connectivity index (χ1v) is 7.12. The van der Waals surface area contributed by atoms with Gasteiger partial charge in [0.1, 0.15) is 11.5 Å². The van der Waals surface area contributed by atoms with Gasteiger partial charge in [-0.1, -0.05) is 29.8 Å². The van der Waals surface area contributed by atoms with Crippen molar-refractivity contribution in [2.45, 2.75) is 26.6 Å². The number of hydrogen-bond donors (Lipinski definition) is 1. The molecule has 1 aromatic heterocycles. The fourth-order valence-corrected chi connectivity index (χ4v) is 2.47. The summed E-state index contributed by atoms with van der Waals surface area (Å²) in [5.41, 5.74) is 2.37. The second-order valence-corrected chi connectivity index (χ2v) is 5.50. The van der Waals surface area contributed by atoms with Crippen LogP contribution >= 0.6 is 11.6 Å². The van der Waals surface area contributed by atoms with Crippen LogP contribution in [-0.4, -0.2) is 19.0 Å². The SMILES string of the molecule is CNCc1cc(CN(C)Cc2ccccc2Cl)c(C)o1. The maximum absolute atomic E-state index is 6.19. The third kappa shape index (κ3) is 3.85. The minimum atomic E-state index is 0.759. The molecule has 0 atom stereocenters. The number of rotatable bonds is 6. The Hall–Kier alpha value is -1.29. The molecule has 108 valence electrons. The molecule has 0 saturated heterocycles. The second kappa shape index (κ2) is 6.93. The molecule has 1 heterocycles. The van der Waals surface area contributed by atoms with Gasteiger partial charge in [0, 0.05) is 23.7 Å². The summed E-state index contributed by atoms with van der Waals surface area (Å²) in [6.07, 6.45) is 0. The van der Waals surface area contributed by atoms with E-state index in [4.69, 9.17) is 16.0 Å². The van der Waals surface area contributed by atoms with Gasteiger partial charge in [0.2, 0.25) is 0 Å². The molecule has 2 aromatic rings. The predicted molar refractivity (Wildman–Crippen MR) is 82.8 cm³/mol. The van der Waals surface area contributed by atoms with E-state index in [-0.39, 0.29) is 0 Å². The monoisotopic (exact) mass is 292 g/mol. The van der Waals surface area contributed by atoms with Crippen LogP contribution < -0.4 is 5.32 Å². The maximum Gasteiger partial charge on any atom is 0.118 e. The van der Waals surface area contributed by atoms with Crippen LogP contribution in [0.25, 0.3) is 0 Å². The Labute approximate surface area is 125 Å². The number of hydrogen-bond acceptors (Lipinski definition) is 3. The molecular formula is C16H21ClN2O. The van der Waals surface area contributed by atoms with Crippen LogP contribution in [0.3, 0.4) is 0 Å². The summed E-state index contributed by atoms with van der Waals surface area (Å²) in [5, 5.41) is 3.92. The van der Waals surface area contributed by atoms with Crippen molar-refractivity contribution in [3.8, 4) is 0 Å². The number of benzene rings is 1. The highest BCUT2D eigenvalue weighted by Crippen LogP contribution is 2.20. The zero-order chi connectivity index (χ0) is 14.5. The lowest BCUT2D eigenvalue weighted by molar-refractivity contribution is 0.316. The number of furan rings is 1. The average Bonchev–Trinajstić information content (AvgIpc) is 2.73. The molecule has 0 aliphatic rings. The van der Waals surface area contributed by atoms with Gasteiger partial charge in [-0.25, -0.2) is 0 Å². The fraction of sp³-hybridized carbons (Fsp3) is 0.375. The summed E-state index contributed by atoms with van der Waals surface area (Å²) in [6.45, 7) is 4.45. The van der Waals surface area contributed by atoms with Crippen molar-refractivity contribution in [1.29, 1.82) is 0 Å². The van der Waals surface area contributed by atoms with Crippen molar-refractivity contribution in [2.24, 2.45) is 0 Å². The predicted octanol–water partition coefficient (Wildman–Crippen LogP) is 3.59. The van der Waals surface area contributed by atoms with Gasteiger partial charge >= 0.3 is 0 Å². The Balaban J connectivity index is 2.01. The van der Waals surface area contributed by atoms with E-state index in [1.807, 2.05) is 32.2 Å². The van der Waals surface area contributed by atoms with E-state index in [9.17, 15) is 0 Å². The van der Waals surface area contributed by atoms with Crippen LogP contribution in [0.5, 0.6) is 0 Å². The summed E-state index contributed by atoms with van der Waals surface area (Å²) >= 11 is 6.19. The van der Waals surface area contributed by atoms with Crippen molar-refractivity contribution in [2.75, 3.05) is 14.1 Å². The number of nitrogens with zero attached hydrogens (tertiary/aromatic N) is 1. The van der Waals surface area contributed by atoms with Crippen molar-refractivity contribution >= 4 is 11.6 Å².